The van der Waals surface area contributed by atoms with Gasteiger partial charge in [0.2, 0.25) is 0 Å². The lowest BCUT2D eigenvalue weighted by Crippen LogP contribution is -2.00. The summed E-state index contributed by atoms with van der Waals surface area (Å²) in [6.07, 6.45) is 0. The van der Waals surface area contributed by atoms with E-state index in [9.17, 15) is 0 Å². The zero-order chi connectivity index (χ0) is 9.10. The predicted octanol–water partition coefficient (Wildman–Crippen LogP) is 2.09. The molecule has 2 rings (SSSR count). The van der Waals surface area contributed by atoms with Gasteiger partial charge in [-0.15, -0.1) is 0 Å². The van der Waals surface area contributed by atoms with E-state index in [4.69, 9.17) is 4.74 Å². The number of benzene rings is 1. The van der Waals surface area contributed by atoms with E-state index >= 15 is 0 Å². The van der Waals surface area contributed by atoms with Gasteiger partial charge < -0.3 is 4.74 Å². The molecule has 13 heavy (non-hydrogen) atoms. The molecule has 1 heterocycles. The summed E-state index contributed by atoms with van der Waals surface area (Å²) in [5.41, 5.74) is 1.21. The molecule has 1 aliphatic rings. The second kappa shape index (κ2) is 3.83. The van der Waals surface area contributed by atoms with E-state index in [1.807, 2.05) is 18.2 Å². The Balaban J connectivity index is 2.16. The minimum atomic E-state index is 0.170. The smallest absolute Gasteiger partial charge is 0.194 e. The van der Waals surface area contributed by atoms with Gasteiger partial charge >= 0.3 is 0 Å². The lowest BCUT2D eigenvalue weighted by atomic mass is 10.1. The Kier molecular flexibility index (Phi) is 2.54. The van der Waals surface area contributed by atoms with Crippen LogP contribution < -0.4 is 0 Å². The standard InChI is InChI=1S/C10H11NOS/c13-7-10-11-9(6-12-10)8-4-2-1-3-5-8/h1-5,9,13H,6-7H2. The molecule has 1 aromatic carbocycles. The number of ether oxygens (including phenoxy) is 1. The van der Waals surface area contributed by atoms with Gasteiger partial charge in [0.15, 0.2) is 5.90 Å². The molecule has 68 valence electrons. The Labute approximate surface area is 83.0 Å². The van der Waals surface area contributed by atoms with Crippen LogP contribution in [0.3, 0.4) is 0 Å². The van der Waals surface area contributed by atoms with E-state index in [-0.39, 0.29) is 6.04 Å². The van der Waals surface area contributed by atoms with Crippen LogP contribution in [0.25, 0.3) is 0 Å². The molecule has 3 heteroatoms. The third kappa shape index (κ3) is 1.86. The summed E-state index contributed by atoms with van der Waals surface area (Å²) in [6.45, 7) is 0.653. The van der Waals surface area contributed by atoms with Gasteiger partial charge in [0.05, 0.1) is 5.75 Å². The van der Waals surface area contributed by atoms with Crippen LogP contribution in [0, 0.1) is 0 Å². The lowest BCUT2D eigenvalue weighted by molar-refractivity contribution is 0.317. The minimum absolute atomic E-state index is 0.170. The molecule has 0 spiro atoms. The van der Waals surface area contributed by atoms with Crippen molar-refractivity contribution in [3.63, 3.8) is 0 Å². The van der Waals surface area contributed by atoms with Crippen LogP contribution >= 0.6 is 12.6 Å². The molecule has 0 saturated carbocycles. The van der Waals surface area contributed by atoms with E-state index in [1.54, 1.807) is 0 Å². The summed E-state index contributed by atoms with van der Waals surface area (Å²) >= 11 is 4.11. The number of hydrogen-bond acceptors (Lipinski definition) is 3. The van der Waals surface area contributed by atoms with Crippen LogP contribution in [-0.4, -0.2) is 18.3 Å². The maximum absolute atomic E-state index is 5.34. The molecule has 1 atom stereocenters. The van der Waals surface area contributed by atoms with Gasteiger partial charge in [0.25, 0.3) is 0 Å². The number of thiol groups is 1. The number of rotatable bonds is 2. The van der Waals surface area contributed by atoms with E-state index in [2.05, 4.69) is 29.8 Å². The molecule has 0 amide bonds. The first kappa shape index (κ1) is 8.63. The second-order valence-electron chi connectivity index (χ2n) is 2.92. The predicted molar refractivity (Wildman–Crippen MR) is 56.4 cm³/mol. The van der Waals surface area contributed by atoms with Crippen LogP contribution in [0.4, 0.5) is 0 Å². The lowest BCUT2D eigenvalue weighted by Gasteiger charge is -2.03. The summed E-state index contributed by atoms with van der Waals surface area (Å²) in [5.74, 6) is 1.33. The van der Waals surface area contributed by atoms with E-state index in [1.165, 1.54) is 5.56 Å². The van der Waals surface area contributed by atoms with Crippen molar-refractivity contribution in [2.24, 2.45) is 4.99 Å². The SMILES string of the molecule is SCC1=NC(c2ccccc2)CO1. The molecular formula is C10H11NOS. The van der Waals surface area contributed by atoms with Crippen molar-refractivity contribution in [2.75, 3.05) is 12.4 Å². The molecule has 0 saturated heterocycles. The molecule has 0 aromatic heterocycles. The summed E-state index contributed by atoms with van der Waals surface area (Å²) < 4.78 is 5.34. The second-order valence-corrected chi connectivity index (χ2v) is 3.23. The summed E-state index contributed by atoms with van der Waals surface area (Å²) in [4.78, 5) is 4.39. The van der Waals surface area contributed by atoms with Gasteiger partial charge in [-0.25, -0.2) is 4.99 Å². The average molecular weight is 193 g/mol. The Morgan fingerprint density at radius 2 is 2.15 bits per heavy atom. The highest BCUT2D eigenvalue weighted by atomic mass is 32.1. The first-order valence-corrected chi connectivity index (χ1v) is 4.88. The van der Waals surface area contributed by atoms with E-state index in [0.29, 0.717) is 12.4 Å². The summed E-state index contributed by atoms with van der Waals surface area (Å²) in [5, 5.41) is 0. The van der Waals surface area contributed by atoms with E-state index < -0.39 is 0 Å². The third-order valence-electron chi connectivity index (χ3n) is 2.03. The van der Waals surface area contributed by atoms with Crippen molar-refractivity contribution in [1.82, 2.24) is 0 Å². The van der Waals surface area contributed by atoms with Gasteiger partial charge in [-0.3, -0.25) is 0 Å². The quantitative estimate of drug-likeness (QED) is 0.713. The van der Waals surface area contributed by atoms with Crippen LogP contribution in [0.5, 0.6) is 0 Å². The van der Waals surface area contributed by atoms with Gasteiger partial charge in [-0.1, -0.05) is 30.3 Å². The molecule has 1 unspecified atom stereocenters. The van der Waals surface area contributed by atoms with Gasteiger partial charge in [0, 0.05) is 0 Å². The van der Waals surface area contributed by atoms with E-state index in [0.717, 1.165) is 5.90 Å². The summed E-state index contributed by atoms with van der Waals surface area (Å²) in [6, 6.07) is 10.3. The topological polar surface area (TPSA) is 21.6 Å². The fourth-order valence-corrected chi connectivity index (χ4v) is 1.53. The van der Waals surface area contributed by atoms with Crippen molar-refractivity contribution in [3.05, 3.63) is 35.9 Å². The Morgan fingerprint density at radius 1 is 1.38 bits per heavy atom. The molecule has 0 radical (unpaired) electrons. The molecule has 1 aromatic rings. The largest absolute Gasteiger partial charge is 0.478 e. The Bertz CT molecular complexity index is 310. The van der Waals surface area contributed by atoms with Crippen molar-refractivity contribution in [2.45, 2.75) is 6.04 Å². The zero-order valence-electron chi connectivity index (χ0n) is 7.18. The Morgan fingerprint density at radius 3 is 2.77 bits per heavy atom. The number of aliphatic imine (C=N–C) groups is 1. The maximum atomic E-state index is 5.34. The molecule has 2 nitrogen and oxygen atoms in total. The van der Waals surface area contributed by atoms with Gasteiger partial charge in [-0.2, -0.15) is 12.6 Å². The number of hydrogen-bond donors (Lipinski definition) is 1. The summed E-state index contributed by atoms with van der Waals surface area (Å²) in [7, 11) is 0. The monoisotopic (exact) mass is 193 g/mol. The molecule has 1 aliphatic heterocycles. The van der Waals surface area contributed by atoms with Crippen LogP contribution in [0.15, 0.2) is 35.3 Å². The van der Waals surface area contributed by atoms with Crippen molar-refractivity contribution in [3.8, 4) is 0 Å². The molecule has 0 fully saturated rings. The molecule has 0 aliphatic carbocycles. The van der Waals surface area contributed by atoms with Crippen molar-refractivity contribution < 1.29 is 4.74 Å². The van der Waals surface area contributed by atoms with Gasteiger partial charge in [-0.05, 0) is 5.56 Å². The van der Waals surface area contributed by atoms with Crippen molar-refractivity contribution in [1.29, 1.82) is 0 Å². The first-order valence-electron chi connectivity index (χ1n) is 4.25. The third-order valence-corrected chi connectivity index (χ3v) is 2.30. The highest BCUT2D eigenvalue weighted by Crippen LogP contribution is 2.22. The van der Waals surface area contributed by atoms with Crippen LogP contribution in [0.2, 0.25) is 0 Å². The molecular weight excluding hydrogens is 182 g/mol. The fraction of sp³-hybridized carbons (Fsp3) is 0.300. The fourth-order valence-electron chi connectivity index (χ4n) is 1.36. The highest BCUT2D eigenvalue weighted by Gasteiger charge is 2.18. The van der Waals surface area contributed by atoms with Crippen molar-refractivity contribution >= 4 is 18.5 Å². The maximum Gasteiger partial charge on any atom is 0.194 e. The number of nitrogens with zero attached hydrogens (tertiary/aromatic N) is 1. The minimum Gasteiger partial charge on any atom is -0.478 e. The zero-order valence-corrected chi connectivity index (χ0v) is 8.08. The highest BCUT2D eigenvalue weighted by molar-refractivity contribution is 7.81. The average Bonchev–Trinajstić information content (AvgIpc) is 2.67. The van der Waals surface area contributed by atoms with Gasteiger partial charge in [0.1, 0.15) is 12.6 Å². The molecule has 0 N–H and O–H groups in total. The normalized spacial score (nSPS) is 21.0. The first-order chi connectivity index (χ1) is 6.40. The van der Waals surface area contributed by atoms with Crippen LogP contribution in [-0.2, 0) is 4.74 Å². The Hall–Kier alpha value is -0.960. The molecule has 0 bridgehead atoms. The van der Waals surface area contributed by atoms with Crippen LogP contribution in [0.1, 0.15) is 11.6 Å².